The summed E-state index contributed by atoms with van der Waals surface area (Å²) in [6, 6.07) is 4.58. The maximum Gasteiger partial charge on any atom is 0.244 e. The summed E-state index contributed by atoms with van der Waals surface area (Å²) in [5.41, 5.74) is 6.24. The number of benzene rings is 1. The van der Waals surface area contributed by atoms with Crippen LogP contribution in [0, 0.1) is 5.92 Å². The van der Waals surface area contributed by atoms with Crippen LogP contribution in [-0.4, -0.2) is 39.3 Å². The molecule has 3 N–H and O–H groups in total. The third-order valence-electron chi connectivity index (χ3n) is 3.15. The van der Waals surface area contributed by atoms with E-state index in [1.165, 1.54) is 26.2 Å². The summed E-state index contributed by atoms with van der Waals surface area (Å²) in [7, 11) is -0.823. The molecular weight excluding hydrogens is 314 g/mol. The number of halogens is 1. The standard InChI is InChI=1S/C13H20ClN3O3S/c1-9(13(18)16-2)8-17(3)21(19,20)12-5-4-10(7-15)6-11(12)14/h4-6,9H,7-8,15H2,1-3H3,(H,16,18). The summed E-state index contributed by atoms with van der Waals surface area (Å²) in [4.78, 5) is 11.5. The minimum absolute atomic E-state index is 0.00738. The van der Waals surface area contributed by atoms with E-state index in [4.69, 9.17) is 17.3 Å². The predicted molar refractivity (Wildman–Crippen MR) is 82.4 cm³/mol. The van der Waals surface area contributed by atoms with Gasteiger partial charge in [0.15, 0.2) is 0 Å². The van der Waals surface area contributed by atoms with E-state index in [2.05, 4.69) is 5.32 Å². The zero-order valence-electron chi connectivity index (χ0n) is 12.3. The van der Waals surface area contributed by atoms with Gasteiger partial charge in [-0.2, -0.15) is 0 Å². The fourth-order valence-electron chi connectivity index (χ4n) is 1.86. The molecule has 0 saturated carbocycles. The summed E-state index contributed by atoms with van der Waals surface area (Å²) in [6.07, 6.45) is 0. The fourth-order valence-corrected chi connectivity index (χ4v) is 3.66. The number of carbonyl (C=O) groups is 1. The van der Waals surface area contributed by atoms with Gasteiger partial charge in [-0.1, -0.05) is 24.6 Å². The Kier molecular flexibility index (Phi) is 6.15. The van der Waals surface area contributed by atoms with Crippen LogP contribution >= 0.6 is 11.6 Å². The molecule has 0 heterocycles. The number of hydrogen-bond acceptors (Lipinski definition) is 4. The highest BCUT2D eigenvalue weighted by atomic mass is 35.5. The Morgan fingerprint density at radius 3 is 2.57 bits per heavy atom. The number of nitrogens with two attached hydrogens (primary N) is 1. The Morgan fingerprint density at radius 2 is 2.10 bits per heavy atom. The maximum atomic E-state index is 12.5. The van der Waals surface area contributed by atoms with E-state index in [1.807, 2.05) is 0 Å². The lowest BCUT2D eigenvalue weighted by molar-refractivity contribution is -0.124. The van der Waals surface area contributed by atoms with Crippen LogP contribution in [-0.2, 0) is 21.4 Å². The van der Waals surface area contributed by atoms with E-state index >= 15 is 0 Å². The van der Waals surface area contributed by atoms with Gasteiger partial charge in [-0.3, -0.25) is 4.79 Å². The molecule has 0 aliphatic heterocycles. The quantitative estimate of drug-likeness (QED) is 0.805. The summed E-state index contributed by atoms with van der Waals surface area (Å²) in [5.74, 6) is -0.682. The van der Waals surface area contributed by atoms with Gasteiger partial charge in [0, 0.05) is 33.1 Å². The second kappa shape index (κ2) is 7.22. The molecule has 1 atom stereocenters. The van der Waals surface area contributed by atoms with Gasteiger partial charge in [-0.15, -0.1) is 0 Å². The van der Waals surface area contributed by atoms with Gasteiger partial charge in [-0.05, 0) is 17.7 Å². The van der Waals surface area contributed by atoms with Crippen molar-refractivity contribution in [1.82, 2.24) is 9.62 Å². The molecular formula is C13H20ClN3O3S. The second-order valence-corrected chi connectivity index (χ2v) is 7.19. The zero-order chi connectivity index (χ0) is 16.2. The molecule has 1 amide bonds. The molecule has 8 heteroatoms. The molecule has 1 aromatic rings. The van der Waals surface area contributed by atoms with Crippen molar-refractivity contribution in [3.63, 3.8) is 0 Å². The Bertz CT molecular complexity index is 619. The number of sulfonamides is 1. The average molecular weight is 334 g/mol. The topological polar surface area (TPSA) is 92.5 Å². The van der Waals surface area contributed by atoms with E-state index in [1.54, 1.807) is 13.0 Å². The molecule has 21 heavy (non-hydrogen) atoms. The van der Waals surface area contributed by atoms with Gasteiger partial charge in [0.1, 0.15) is 4.90 Å². The number of nitrogens with one attached hydrogen (secondary N) is 1. The molecule has 6 nitrogen and oxygen atoms in total. The Labute approximate surface area is 130 Å². The van der Waals surface area contributed by atoms with Crippen molar-refractivity contribution in [2.75, 3.05) is 20.6 Å². The van der Waals surface area contributed by atoms with Crippen molar-refractivity contribution < 1.29 is 13.2 Å². The van der Waals surface area contributed by atoms with Gasteiger partial charge in [-0.25, -0.2) is 12.7 Å². The summed E-state index contributed by atoms with van der Waals surface area (Å²) in [6.45, 7) is 2.00. The molecule has 1 aromatic carbocycles. The largest absolute Gasteiger partial charge is 0.359 e. The van der Waals surface area contributed by atoms with E-state index in [9.17, 15) is 13.2 Å². The van der Waals surface area contributed by atoms with Crippen molar-refractivity contribution in [2.24, 2.45) is 11.7 Å². The van der Waals surface area contributed by atoms with Gasteiger partial charge in [0.05, 0.1) is 5.02 Å². The van der Waals surface area contributed by atoms with Crippen LogP contribution < -0.4 is 11.1 Å². The normalized spacial score (nSPS) is 13.2. The minimum Gasteiger partial charge on any atom is -0.359 e. The highest BCUT2D eigenvalue weighted by Crippen LogP contribution is 2.25. The van der Waals surface area contributed by atoms with Crippen LogP contribution in [0.3, 0.4) is 0 Å². The Balaban J connectivity index is 3.02. The monoisotopic (exact) mass is 333 g/mol. The first-order valence-corrected chi connectivity index (χ1v) is 8.22. The minimum atomic E-state index is -3.75. The molecule has 0 aromatic heterocycles. The maximum absolute atomic E-state index is 12.5. The first-order valence-electron chi connectivity index (χ1n) is 6.40. The number of carbonyl (C=O) groups excluding carboxylic acids is 1. The molecule has 0 bridgehead atoms. The fraction of sp³-hybridized carbons (Fsp3) is 0.462. The molecule has 118 valence electrons. The molecule has 0 spiro atoms. The lowest BCUT2D eigenvalue weighted by atomic mass is 10.2. The van der Waals surface area contributed by atoms with Gasteiger partial charge < -0.3 is 11.1 Å². The number of nitrogens with zero attached hydrogens (tertiary/aromatic N) is 1. The summed E-state index contributed by atoms with van der Waals surface area (Å²) in [5, 5.41) is 2.61. The highest BCUT2D eigenvalue weighted by Gasteiger charge is 2.26. The SMILES string of the molecule is CNC(=O)C(C)CN(C)S(=O)(=O)c1ccc(CN)cc1Cl. The highest BCUT2D eigenvalue weighted by molar-refractivity contribution is 7.89. The molecule has 1 rings (SSSR count). The van der Waals surface area contributed by atoms with Gasteiger partial charge in [0.25, 0.3) is 0 Å². The molecule has 0 fully saturated rings. The van der Waals surface area contributed by atoms with Crippen molar-refractivity contribution in [2.45, 2.75) is 18.4 Å². The number of amides is 1. The van der Waals surface area contributed by atoms with E-state index in [0.29, 0.717) is 0 Å². The third-order valence-corrected chi connectivity index (χ3v) is 5.45. The van der Waals surface area contributed by atoms with Crippen LogP contribution in [0.15, 0.2) is 23.1 Å². The van der Waals surface area contributed by atoms with Gasteiger partial charge >= 0.3 is 0 Å². The molecule has 0 aliphatic carbocycles. The average Bonchev–Trinajstić information content (AvgIpc) is 2.45. The Morgan fingerprint density at radius 1 is 1.48 bits per heavy atom. The Hall–Kier alpha value is -1.15. The predicted octanol–water partition coefficient (Wildman–Crippen LogP) is 0.801. The lowest BCUT2D eigenvalue weighted by Crippen LogP contribution is -2.37. The van der Waals surface area contributed by atoms with Crippen molar-refractivity contribution in [3.8, 4) is 0 Å². The lowest BCUT2D eigenvalue weighted by Gasteiger charge is -2.21. The first kappa shape index (κ1) is 17.9. The molecule has 0 aliphatic rings. The van der Waals surface area contributed by atoms with Gasteiger partial charge in [0.2, 0.25) is 15.9 Å². The molecule has 0 saturated heterocycles. The van der Waals surface area contributed by atoms with Crippen LogP contribution in [0.1, 0.15) is 12.5 Å². The molecule has 0 radical (unpaired) electrons. The van der Waals surface area contributed by atoms with Crippen LogP contribution in [0.5, 0.6) is 0 Å². The van der Waals surface area contributed by atoms with E-state index < -0.39 is 15.9 Å². The van der Waals surface area contributed by atoms with Crippen molar-refractivity contribution in [1.29, 1.82) is 0 Å². The smallest absolute Gasteiger partial charge is 0.244 e. The zero-order valence-corrected chi connectivity index (χ0v) is 13.8. The number of rotatable bonds is 6. The summed E-state index contributed by atoms with van der Waals surface area (Å²) < 4.78 is 26.1. The second-order valence-electron chi connectivity index (χ2n) is 4.77. The first-order chi connectivity index (χ1) is 9.73. The summed E-state index contributed by atoms with van der Waals surface area (Å²) >= 11 is 6.02. The van der Waals surface area contributed by atoms with E-state index in [-0.39, 0.29) is 28.9 Å². The third kappa shape index (κ3) is 4.16. The molecule has 1 unspecified atom stereocenters. The van der Waals surface area contributed by atoms with Crippen LogP contribution in [0.2, 0.25) is 5.02 Å². The number of hydrogen-bond donors (Lipinski definition) is 2. The van der Waals surface area contributed by atoms with Crippen LogP contribution in [0.4, 0.5) is 0 Å². The van der Waals surface area contributed by atoms with Crippen molar-refractivity contribution in [3.05, 3.63) is 28.8 Å². The van der Waals surface area contributed by atoms with Crippen molar-refractivity contribution >= 4 is 27.5 Å². The van der Waals surface area contributed by atoms with E-state index in [0.717, 1.165) is 9.87 Å². The van der Waals surface area contributed by atoms with Crippen LogP contribution in [0.25, 0.3) is 0 Å².